The smallest absolute Gasteiger partial charge is 0.293 e. The predicted molar refractivity (Wildman–Crippen MR) is 61.5 cm³/mol. The van der Waals surface area contributed by atoms with Crippen LogP contribution in [0.5, 0.6) is 0 Å². The Bertz CT molecular complexity index is 487. The van der Waals surface area contributed by atoms with E-state index in [4.69, 9.17) is 0 Å². The number of hydrogen-bond acceptors (Lipinski definition) is 3. The van der Waals surface area contributed by atoms with Crippen LogP contribution in [0.4, 0.5) is 0 Å². The summed E-state index contributed by atoms with van der Waals surface area (Å²) in [6, 6.07) is 8.24. The molecular weight excluding hydrogens is 204 g/mol. The maximum atomic E-state index is 9.60. The van der Waals surface area contributed by atoms with Gasteiger partial charge < -0.3 is 4.74 Å². The molecule has 2 aliphatic rings. The molecule has 3 rings (SSSR count). The van der Waals surface area contributed by atoms with Crippen molar-refractivity contribution < 1.29 is 9.53 Å². The minimum absolute atomic E-state index is 0.318. The summed E-state index contributed by atoms with van der Waals surface area (Å²) >= 11 is 0. The minimum atomic E-state index is -0.318. The van der Waals surface area contributed by atoms with Crippen molar-refractivity contribution in [1.82, 2.24) is 9.78 Å². The van der Waals surface area contributed by atoms with Crippen LogP contribution in [0.15, 0.2) is 24.3 Å². The first-order valence-corrected chi connectivity index (χ1v) is 5.12. The Morgan fingerprint density at radius 2 is 2.00 bits per heavy atom. The lowest BCUT2D eigenvalue weighted by molar-refractivity contribution is -0.138. The second kappa shape index (κ2) is 3.63. The SMILES string of the molecule is CC(C)(C)OC=O.c1ccc2c(c1)c1nn2-1. The first-order valence-electron chi connectivity index (χ1n) is 5.12. The molecule has 4 nitrogen and oxygen atoms in total. The van der Waals surface area contributed by atoms with Gasteiger partial charge in [-0.2, -0.15) is 0 Å². The molecule has 0 aromatic heterocycles. The highest BCUT2D eigenvalue weighted by Gasteiger charge is 2.24. The number of nitrogens with zero attached hydrogens (tertiary/aromatic N) is 2. The maximum Gasteiger partial charge on any atom is 0.293 e. The number of rotatable bonds is 1. The monoisotopic (exact) mass is 218 g/mol. The molecule has 0 N–H and O–H groups in total. The number of benzene rings is 1. The van der Waals surface area contributed by atoms with Crippen LogP contribution in [0, 0.1) is 0 Å². The average molecular weight is 218 g/mol. The second-order valence-corrected chi connectivity index (χ2v) is 4.58. The highest BCUT2D eigenvalue weighted by Crippen LogP contribution is 2.33. The van der Waals surface area contributed by atoms with Crippen LogP contribution in [-0.4, -0.2) is 21.9 Å². The van der Waals surface area contributed by atoms with Crippen LogP contribution in [0.25, 0.3) is 16.7 Å². The average Bonchev–Trinajstić information content (AvgIpc) is 2.88. The van der Waals surface area contributed by atoms with E-state index in [2.05, 4.69) is 22.0 Å². The Hall–Kier alpha value is -1.84. The van der Waals surface area contributed by atoms with E-state index < -0.39 is 0 Å². The normalized spacial score (nSPS) is 11.7. The topological polar surface area (TPSA) is 44.1 Å². The van der Waals surface area contributed by atoms with Crippen molar-refractivity contribution in [2.24, 2.45) is 0 Å². The van der Waals surface area contributed by atoms with E-state index in [0.717, 1.165) is 5.82 Å². The van der Waals surface area contributed by atoms with Crippen molar-refractivity contribution in [1.29, 1.82) is 0 Å². The molecule has 0 saturated carbocycles. The standard InChI is InChI=1S/C7H4N2.C5H10O2/c1-2-4-6-5(3-1)7-8-9(6)7;1-5(2,3)7-4-6/h1-4H;4H,1-3H3. The van der Waals surface area contributed by atoms with Crippen LogP contribution >= 0.6 is 0 Å². The van der Waals surface area contributed by atoms with Crippen molar-refractivity contribution in [2.75, 3.05) is 0 Å². The highest BCUT2D eigenvalue weighted by atomic mass is 16.5. The molecule has 1 aromatic carbocycles. The lowest BCUT2D eigenvalue weighted by Gasteiger charge is -2.14. The molecule has 1 aromatic rings. The molecule has 0 radical (unpaired) electrons. The zero-order valence-corrected chi connectivity index (χ0v) is 9.60. The lowest BCUT2D eigenvalue weighted by Crippen LogP contribution is -2.17. The van der Waals surface area contributed by atoms with E-state index in [1.54, 1.807) is 0 Å². The van der Waals surface area contributed by atoms with Gasteiger partial charge >= 0.3 is 0 Å². The molecule has 2 aliphatic heterocycles. The van der Waals surface area contributed by atoms with Gasteiger partial charge in [-0.05, 0) is 32.9 Å². The Morgan fingerprint density at radius 3 is 2.50 bits per heavy atom. The Morgan fingerprint density at radius 1 is 1.31 bits per heavy atom. The molecule has 84 valence electrons. The first-order chi connectivity index (χ1) is 7.53. The summed E-state index contributed by atoms with van der Waals surface area (Å²) in [5.74, 6) is 1.16. The van der Waals surface area contributed by atoms with Crippen molar-refractivity contribution >= 4 is 17.4 Å². The number of carbonyl (C=O) groups is 1. The van der Waals surface area contributed by atoms with Gasteiger partial charge in [0, 0.05) is 5.39 Å². The van der Waals surface area contributed by atoms with Crippen molar-refractivity contribution in [3.8, 4) is 5.82 Å². The van der Waals surface area contributed by atoms with Gasteiger partial charge in [0.05, 0.1) is 5.52 Å². The van der Waals surface area contributed by atoms with E-state index in [1.165, 1.54) is 10.9 Å². The molecule has 0 atom stereocenters. The molecule has 0 aliphatic carbocycles. The second-order valence-electron chi connectivity index (χ2n) is 4.58. The molecule has 2 heterocycles. The quantitative estimate of drug-likeness (QED) is 0.589. The van der Waals surface area contributed by atoms with Crippen LogP contribution in [0.2, 0.25) is 0 Å². The zero-order valence-electron chi connectivity index (χ0n) is 9.60. The largest absolute Gasteiger partial charge is 0.462 e. The molecule has 0 fully saturated rings. The Labute approximate surface area is 93.8 Å². The minimum Gasteiger partial charge on any atom is -0.462 e. The third-order valence-corrected chi connectivity index (χ3v) is 2.13. The number of ether oxygens (including phenoxy) is 1. The molecule has 0 saturated heterocycles. The fraction of sp³-hybridized carbons (Fsp3) is 0.333. The number of para-hydroxylation sites is 1. The van der Waals surface area contributed by atoms with Gasteiger partial charge in [-0.3, -0.25) is 4.79 Å². The molecule has 0 bridgehead atoms. The van der Waals surface area contributed by atoms with Crippen LogP contribution in [0.3, 0.4) is 0 Å². The Kier molecular flexibility index (Phi) is 2.42. The summed E-state index contributed by atoms with van der Waals surface area (Å²) in [4.78, 5) is 9.60. The van der Waals surface area contributed by atoms with Gasteiger partial charge in [-0.1, -0.05) is 12.1 Å². The van der Waals surface area contributed by atoms with Gasteiger partial charge in [0.15, 0.2) is 5.82 Å². The lowest BCUT2D eigenvalue weighted by atomic mass is 10.2. The van der Waals surface area contributed by atoms with Crippen molar-refractivity contribution in [3.05, 3.63) is 24.3 Å². The van der Waals surface area contributed by atoms with Crippen LogP contribution in [0.1, 0.15) is 20.8 Å². The van der Waals surface area contributed by atoms with Crippen molar-refractivity contribution in [3.63, 3.8) is 0 Å². The van der Waals surface area contributed by atoms with Crippen LogP contribution in [-0.2, 0) is 9.53 Å². The number of hydrogen-bond donors (Lipinski definition) is 0. The maximum absolute atomic E-state index is 9.60. The zero-order chi connectivity index (χ0) is 11.8. The summed E-state index contributed by atoms with van der Waals surface area (Å²) in [6.45, 7) is 5.92. The van der Waals surface area contributed by atoms with E-state index in [0.29, 0.717) is 6.47 Å². The number of fused-ring (bicyclic) bond motifs is 4. The number of carbonyl (C=O) groups excluding carboxylic acids is 1. The van der Waals surface area contributed by atoms with E-state index >= 15 is 0 Å². The fourth-order valence-corrected chi connectivity index (χ4v) is 1.35. The summed E-state index contributed by atoms with van der Waals surface area (Å²) in [5.41, 5.74) is 0.939. The molecular formula is C12H14N2O2. The Balaban J connectivity index is 0.000000127. The summed E-state index contributed by atoms with van der Waals surface area (Å²) in [6.07, 6.45) is 0. The van der Waals surface area contributed by atoms with Gasteiger partial charge in [0.25, 0.3) is 6.47 Å². The molecule has 0 amide bonds. The van der Waals surface area contributed by atoms with Crippen molar-refractivity contribution in [2.45, 2.75) is 26.4 Å². The first kappa shape index (κ1) is 10.7. The van der Waals surface area contributed by atoms with Gasteiger partial charge in [0.2, 0.25) is 0 Å². The highest BCUT2D eigenvalue weighted by molar-refractivity contribution is 5.96. The summed E-state index contributed by atoms with van der Waals surface area (Å²) in [7, 11) is 0. The number of aromatic nitrogens is 2. The van der Waals surface area contributed by atoms with E-state index in [9.17, 15) is 4.79 Å². The van der Waals surface area contributed by atoms with Gasteiger partial charge in [0.1, 0.15) is 5.60 Å². The summed E-state index contributed by atoms with van der Waals surface area (Å²) < 4.78 is 6.50. The predicted octanol–water partition coefficient (Wildman–Crippen LogP) is 2.30. The van der Waals surface area contributed by atoms with Gasteiger partial charge in [-0.25, -0.2) is 4.68 Å². The fourth-order valence-electron chi connectivity index (χ4n) is 1.35. The molecule has 4 heteroatoms. The molecule has 0 unspecified atom stereocenters. The third kappa shape index (κ3) is 2.05. The third-order valence-electron chi connectivity index (χ3n) is 2.13. The van der Waals surface area contributed by atoms with E-state index in [1.807, 2.05) is 37.6 Å². The van der Waals surface area contributed by atoms with Gasteiger partial charge in [-0.15, -0.1) is 5.10 Å². The molecule has 16 heavy (non-hydrogen) atoms. The van der Waals surface area contributed by atoms with Crippen LogP contribution < -0.4 is 0 Å². The summed E-state index contributed by atoms with van der Waals surface area (Å²) in [5, 5.41) is 5.39. The van der Waals surface area contributed by atoms with E-state index in [-0.39, 0.29) is 5.60 Å². The molecule has 0 spiro atoms.